The molecule has 1 aromatic rings. The van der Waals surface area contributed by atoms with Crippen LogP contribution >= 0.6 is 24.8 Å². The fraction of sp³-hybridized carbons (Fsp3) is 0.571. The van der Waals surface area contributed by atoms with E-state index >= 15 is 0 Å². The Kier molecular flexibility index (Phi) is 9.14. The molecule has 0 bridgehead atoms. The van der Waals surface area contributed by atoms with Crippen LogP contribution in [0.2, 0.25) is 0 Å². The number of aliphatic hydroxyl groups is 1. The number of rotatable bonds is 6. The fourth-order valence-electron chi connectivity index (χ4n) is 2.07. The Morgan fingerprint density at radius 2 is 2.23 bits per heavy atom. The Hall–Kier alpha value is -1.26. The van der Waals surface area contributed by atoms with E-state index in [0.717, 1.165) is 24.2 Å². The number of fused-ring (bicyclic) bond motifs is 1. The standard InChI is InChI=1S/C14H20N4O2.2ClH/c1-9(2)17-7-11(19)8-20-14-12(5-15)13-10(6-18-14)3-4-16-13;;/h6,9,11,16-17,19H,3-4,7-8H2,1-2H3;2*1H. The van der Waals surface area contributed by atoms with Crippen LogP contribution in [0, 0.1) is 11.3 Å². The molecule has 1 aliphatic heterocycles. The zero-order chi connectivity index (χ0) is 14.5. The molecule has 0 aromatic carbocycles. The highest BCUT2D eigenvalue weighted by molar-refractivity contribution is 5.85. The maximum absolute atomic E-state index is 9.80. The summed E-state index contributed by atoms with van der Waals surface area (Å²) >= 11 is 0. The van der Waals surface area contributed by atoms with Crippen molar-refractivity contribution in [3.05, 3.63) is 17.3 Å². The first-order valence-electron chi connectivity index (χ1n) is 6.82. The van der Waals surface area contributed by atoms with Gasteiger partial charge >= 0.3 is 0 Å². The van der Waals surface area contributed by atoms with Crippen LogP contribution in [0.4, 0.5) is 5.69 Å². The lowest BCUT2D eigenvalue weighted by Gasteiger charge is -2.15. The molecule has 2 heterocycles. The SMILES string of the molecule is CC(C)NCC(O)COc1ncc2c(c1C#N)NCC2.Cl.Cl. The average molecular weight is 349 g/mol. The first-order valence-corrected chi connectivity index (χ1v) is 6.82. The van der Waals surface area contributed by atoms with Crippen LogP contribution in [0.15, 0.2) is 6.20 Å². The third kappa shape index (κ3) is 5.18. The van der Waals surface area contributed by atoms with Crippen LogP contribution in [-0.4, -0.2) is 41.9 Å². The van der Waals surface area contributed by atoms with Gasteiger partial charge in [0.1, 0.15) is 24.3 Å². The van der Waals surface area contributed by atoms with E-state index in [4.69, 9.17) is 4.74 Å². The molecule has 0 saturated heterocycles. The minimum atomic E-state index is -0.632. The highest BCUT2D eigenvalue weighted by Crippen LogP contribution is 2.30. The van der Waals surface area contributed by atoms with Gasteiger partial charge in [-0.3, -0.25) is 0 Å². The van der Waals surface area contributed by atoms with E-state index in [1.807, 2.05) is 13.8 Å². The third-order valence-electron chi connectivity index (χ3n) is 3.10. The third-order valence-corrected chi connectivity index (χ3v) is 3.10. The lowest BCUT2D eigenvalue weighted by atomic mass is 10.1. The van der Waals surface area contributed by atoms with Crippen LogP contribution < -0.4 is 15.4 Å². The molecule has 0 amide bonds. The van der Waals surface area contributed by atoms with Gasteiger partial charge in [0.25, 0.3) is 0 Å². The number of pyridine rings is 1. The van der Waals surface area contributed by atoms with Crippen molar-refractivity contribution in [2.75, 3.05) is 25.0 Å². The molecule has 0 saturated carbocycles. The summed E-state index contributed by atoms with van der Waals surface area (Å²) in [7, 11) is 0. The Bertz CT molecular complexity index is 520. The number of hydrogen-bond donors (Lipinski definition) is 3. The van der Waals surface area contributed by atoms with E-state index in [9.17, 15) is 10.4 Å². The summed E-state index contributed by atoms with van der Waals surface area (Å²) in [5.74, 6) is 0.282. The van der Waals surface area contributed by atoms with Crippen LogP contribution in [0.5, 0.6) is 5.88 Å². The minimum absolute atomic E-state index is 0. The van der Waals surface area contributed by atoms with Crippen LogP contribution in [0.25, 0.3) is 0 Å². The van der Waals surface area contributed by atoms with Gasteiger partial charge in [0.15, 0.2) is 0 Å². The molecular weight excluding hydrogens is 327 g/mol. The largest absolute Gasteiger partial charge is 0.474 e. The second-order valence-corrected chi connectivity index (χ2v) is 5.15. The van der Waals surface area contributed by atoms with E-state index in [1.165, 1.54) is 0 Å². The Labute approximate surface area is 143 Å². The number of halogens is 2. The van der Waals surface area contributed by atoms with Crippen LogP contribution in [-0.2, 0) is 6.42 Å². The number of nitrogens with zero attached hydrogens (tertiary/aromatic N) is 2. The van der Waals surface area contributed by atoms with Crippen LogP contribution in [0.1, 0.15) is 25.0 Å². The predicted octanol–water partition coefficient (Wildman–Crippen LogP) is 1.50. The predicted molar refractivity (Wildman–Crippen MR) is 90.3 cm³/mol. The van der Waals surface area contributed by atoms with E-state index < -0.39 is 6.10 Å². The number of ether oxygens (including phenoxy) is 1. The first-order chi connectivity index (χ1) is 9.61. The second-order valence-electron chi connectivity index (χ2n) is 5.15. The molecule has 0 aliphatic carbocycles. The average Bonchev–Trinajstić information content (AvgIpc) is 2.90. The van der Waals surface area contributed by atoms with Gasteiger partial charge in [0, 0.05) is 25.3 Å². The molecule has 8 heteroatoms. The number of hydrogen-bond acceptors (Lipinski definition) is 6. The number of aromatic nitrogens is 1. The van der Waals surface area contributed by atoms with Gasteiger partial charge in [0.05, 0.1) is 5.69 Å². The zero-order valence-corrected chi connectivity index (χ0v) is 14.3. The number of anilines is 1. The lowest BCUT2D eigenvalue weighted by Crippen LogP contribution is -2.35. The smallest absolute Gasteiger partial charge is 0.233 e. The maximum atomic E-state index is 9.80. The summed E-state index contributed by atoms with van der Waals surface area (Å²) in [6, 6.07) is 2.43. The molecule has 0 spiro atoms. The van der Waals surface area contributed by atoms with Gasteiger partial charge in [0.2, 0.25) is 5.88 Å². The summed E-state index contributed by atoms with van der Waals surface area (Å²) in [6.07, 6.45) is 1.97. The monoisotopic (exact) mass is 348 g/mol. The molecule has 1 aliphatic rings. The van der Waals surface area contributed by atoms with E-state index in [1.54, 1.807) is 6.20 Å². The van der Waals surface area contributed by atoms with Crippen molar-refractivity contribution in [3.8, 4) is 11.9 Å². The molecule has 1 aromatic heterocycles. The molecule has 0 radical (unpaired) electrons. The second kappa shape index (κ2) is 9.70. The minimum Gasteiger partial charge on any atom is -0.474 e. The molecular formula is C14H22Cl2N4O2. The summed E-state index contributed by atoms with van der Waals surface area (Å²) in [4.78, 5) is 4.17. The van der Waals surface area contributed by atoms with Crippen molar-refractivity contribution >= 4 is 30.5 Å². The summed E-state index contributed by atoms with van der Waals surface area (Å²) in [5.41, 5.74) is 2.27. The fourth-order valence-corrected chi connectivity index (χ4v) is 2.07. The normalized spacial score (nSPS) is 13.2. The number of nitriles is 1. The van der Waals surface area contributed by atoms with Crippen molar-refractivity contribution < 1.29 is 9.84 Å². The van der Waals surface area contributed by atoms with Gasteiger partial charge in [-0.1, -0.05) is 13.8 Å². The molecule has 3 N–H and O–H groups in total. The van der Waals surface area contributed by atoms with Gasteiger partial charge in [-0.05, 0) is 12.0 Å². The topological polar surface area (TPSA) is 90.2 Å². The zero-order valence-electron chi connectivity index (χ0n) is 12.6. The van der Waals surface area contributed by atoms with Crippen LogP contribution in [0.3, 0.4) is 0 Å². The molecule has 0 fully saturated rings. The molecule has 1 unspecified atom stereocenters. The molecule has 124 valence electrons. The Morgan fingerprint density at radius 3 is 2.86 bits per heavy atom. The van der Waals surface area contributed by atoms with Gasteiger partial charge in [-0.15, -0.1) is 24.8 Å². The van der Waals surface area contributed by atoms with Crippen molar-refractivity contribution in [1.82, 2.24) is 10.3 Å². The van der Waals surface area contributed by atoms with Crippen molar-refractivity contribution in [1.29, 1.82) is 5.26 Å². The lowest BCUT2D eigenvalue weighted by molar-refractivity contribution is 0.102. The van der Waals surface area contributed by atoms with Gasteiger partial charge < -0.3 is 20.5 Å². The van der Waals surface area contributed by atoms with E-state index in [2.05, 4.69) is 21.7 Å². The highest BCUT2D eigenvalue weighted by atomic mass is 35.5. The summed E-state index contributed by atoms with van der Waals surface area (Å²) in [5, 5.41) is 25.3. The first kappa shape index (κ1) is 20.7. The Balaban J connectivity index is 0.00000220. The van der Waals surface area contributed by atoms with Crippen molar-refractivity contribution in [2.24, 2.45) is 0 Å². The molecule has 6 nitrogen and oxygen atoms in total. The van der Waals surface area contributed by atoms with E-state index in [0.29, 0.717) is 18.2 Å². The van der Waals surface area contributed by atoms with E-state index in [-0.39, 0.29) is 37.3 Å². The summed E-state index contributed by atoms with van der Waals surface area (Å²) < 4.78 is 5.48. The number of aliphatic hydroxyl groups excluding tert-OH is 1. The Morgan fingerprint density at radius 1 is 1.50 bits per heavy atom. The van der Waals surface area contributed by atoms with Crippen molar-refractivity contribution in [2.45, 2.75) is 32.4 Å². The van der Waals surface area contributed by atoms with Crippen molar-refractivity contribution in [3.63, 3.8) is 0 Å². The van der Waals surface area contributed by atoms with Gasteiger partial charge in [-0.2, -0.15) is 5.26 Å². The molecule has 1 atom stereocenters. The van der Waals surface area contributed by atoms with Gasteiger partial charge in [-0.25, -0.2) is 4.98 Å². The molecule has 2 rings (SSSR count). The highest BCUT2D eigenvalue weighted by Gasteiger charge is 2.20. The maximum Gasteiger partial charge on any atom is 0.233 e. The molecule has 22 heavy (non-hydrogen) atoms. The number of nitrogens with one attached hydrogen (secondary N) is 2. The summed E-state index contributed by atoms with van der Waals surface area (Å²) in [6.45, 7) is 5.39. The quantitative estimate of drug-likeness (QED) is 0.721.